The number of hydrogen-bond acceptors (Lipinski definition) is 3. The number of benzene rings is 1. The van der Waals surface area contributed by atoms with Gasteiger partial charge in [0.2, 0.25) is 0 Å². The minimum atomic E-state index is -0.621. The van der Waals surface area contributed by atoms with E-state index >= 15 is 0 Å². The molecule has 1 aromatic rings. The van der Waals surface area contributed by atoms with E-state index < -0.39 is 11.8 Å². The molecule has 1 fully saturated rings. The van der Waals surface area contributed by atoms with E-state index in [9.17, 15) is 9.59 Å². The smallest absolute Gasteiger partial charge is 0.313 e. The van der Waals surface area contributed by atoms with Gasteiger partial charge in [0.1, 0.15) is 0 Å². The van der Waals surface area contributed by atoms with Crippen molar-refractivity contribution < 1.29 is 9.59 Å². The topological polar surface area (TPSA) is 49.4 Å². The lowest BCUT2D eigenvalue weighted by atomic mass is 10.2. The summed E-state index contributed by atoms with van der Waals surface area (Å²) >= 11 is 7.80. The van der Waals surface area contributed by atoms with Gasteiger partial charge in [0.25, 0.3) is 0 Å². The summed E-state index contributed by atoms with van der Waals surface area (Å²) in [5.74, 6) is 0.808. The van der Waals surface area contributed by atoms with Gasteiger partial charge < -0.3 is 10.2 Å². The van der Waals surface area contributed by atoms with Gasteiger partial charge in [-0.25, -0.2) is 0 Å². The van der Waals surface area contributed by atoms with E-state index in [0.717, 1.165) is 23.5 Å². The predicted molar refractivity (Wildman–Crippen MR) is 83.3 cm³/mol. The number of likely N-dealkylation sites (N-methyl/N-ethyl adjacent to an activating group) is 1. The van der Waals surface area contributed by atoms with Gasteiger partial charge in [0.05, 0.1) is 0 Å². The molecule has 0 spiro atoms. The predicted octanol–water partition coefficient (Wildman–Crippen LogP) is 2.55. The second-order valence-electron chi connectivity index (χ2n) is 4.85. The van der Waals surface area contributed by atoms with Crippen LogP contribution in [0, 0.1) is 6.92 Å². The Morgan fingerprint density at radius 2 is 2.20 bits per heavy atom. The first kappa shape index (κ1) is 15.2. The average Bonchev–Trinajstić information content (AvgIpc) is 2.95. The molecule has 1 atom stereocenters. The molecule has 1 aliphatic rings. The number of anilines is 1. The molecule has 0 aromatic heterocycles. The lowest BCUT2D eigenvalue weighted by Gasteiger charge is -2.23. The Balaban J connectivity index is 1.99. The van der Waals surface area contributed by atoms with Crippen LogP contribution in [-0.4, -0.2) is 41.3 Å². The molecular weight excluding hydrogens is 296 g/mol. The Hall–Kier alpha value is -1.20. The van der Waals surface area contributed by atoms with Crippen molar-refractivity contribution in [2.75, 3.05) is 23.9 Å². The number of nitrogens with one attached hydrogen (secondary N) is 1. The molecule has 1 aliphatic heterocycles. The van der Waals surface area contributed by atoms with Crippen LogP contribution in [0.4, 0.5) is 5.69 Å². The number of aryl methyl sites for hydroxylation is 1. The van der Waals surface area contributed by atoms with Crippen molar-refractivity contribution in [3.63, 3.8) is 0 Å². The number of rotatable bonds is 2. The van der Waals surface area contributed by atoms with Gasteiger partial charge >= 0.3 is 11.8 Å². The molecule has 0 aliphatic carbocycles. The van der Waals surface area contributed by atoms with E-state index in [0.29, 0.717) is 10.7 Å². The van der Waals surface area contributed by atoms with Gasteiger partial charge in [-0.15, -0.1) is 0 Å². The summed E-state index contributed by atoms with van der Waals surface area (Å²) in [5.41, 5.74) is 1.46. The van der Waals surface area contributed by atoms with Crippen LogP contribution in [0.1, 0.15) is 12.0 Å². The second-order valence-corrected chi connectivity index (χ2v) is 6.41. The number of amides is 2. The van der Waals surface area contributed by atoms with Crippen LogP contribution in [-0.2, 0) is 9.59 Å². The van der Waals surface area contributed by atoms with Crippen molar-refractivity contribution in [1.82, 2.24) is 4.90 Å². The van der Waals surface area contributed by atoms with E-state index in [1.807, 2.05) is 6.92 Å². The maximum atomic E-state index is 12.1. The number of nitrogens with zero attached hydrogens (tertiary/aromatic N) is 1. The Kier molecular flexibility index (Phi) is 4.94. The number of halogens is 1. The summed E-state index contributed by atoms with van der Waals surface area (Å²) in [5, 5.41) is 3.16. The highest BCUT2D eigenvalue weighted by Crippen LogP contribution is 2.22. The van der Waals surface area contributed by atoms with Crippen LogP contribution in [0.3, 0.4) is 0 Å². The van der Waals surface area contributed by atoms with Crippen molar-refractivity contribution in [2.45, 2.75) is 19.4 Å². The lowest BCUT2D eigenvalue weighted by Crippen LogP contribution is -2.43. The van der Waals surface area contributed by atoms with Crippen molar-refractivity contribution in [3.05, 3.63) is 28.8 Å². The van der Waals surface area contributed by atoms with Gasteiger partial charge in [-0.1, -0.05) is 17.7 Å². The Morgan fingerprint density at radius 3 is 2.80 bits per heavy atom. The molecule has 108 valence electrons. The fourth-order valence-electron chi connectivity index (χ4n) is 2.01. The zero-order valence-corrected chi connectivity index (χ0v) is 13.1. The minimum absolute atomic E-state index is 0.153. The summed E-state index contributed by atoms with van der Waals surface area (Å²) in [7, 11) is 1.68. The number of hydrogen-bond donors (Lipinski definition) is 1. The zero-order chi connectivity index (χ0) is 14.7. The SMILES string of the molecule is Cc1ccc(NC(=O)C(=O)N(C)C2CCSC2)cc1Cl. The zero-order valence-electron chi connectivity index (χ0n) is 11.5. The Morgan fingerprint density at radius 1 is 1.45 bits per heavy atom. The first-order valence-electron chi connectivity index (χ1n) is 6.41. The molecule has 0 radical (unpaired) electrons. The van der Waals surface area contributed by atoms with Crippen molar-refractivity contribution in [3.8, 4) is 0 Å². The monoisotopic (exact) mass is 312 g/mol. The Labute approximate surface area is 127 Å². The van der Waals surface area contributed by atoms with E-state index in [2.05, 4.69) is 5.32 Å². The number of carbonyl (C=O) groups excluding carboxylic acids is 2. The van der Waals surface area contributed by atoms with Gasteiger partial charge in [0, 0.05) is 29.6 Å². The van der Waals surface area contributed by atoms with E-state index in [1.165, 1.54) is 4.90 Å². The maximum absolute atomic E-state index is 12.1. The summed E-state index contributed by atoms with van der Waals surface area (Å²) in [6.45, 7) is 1.88. The van der Waals surface area contributed by atoms with Crippen molar-refractivity contribution >= 4 is 40.9 Å². The summed E-state index contributed by atoms with van der Waals surface area (Å²) in [6, 6.07) is 5.34. The van der Waals surface area contributed by atoms with Gasteiger partial charge in [-0.2, -0.15) is 11.8 Å². The highest BCUT2D eigenvalue weighted by Gasteiger charge is 2.27. The molecule has 1 saturated heterocycles. The average molecular weight is 313 g/mol. The van der Waals surface area contributed by atoms with E-state index in [4.69, 9.17) is 11.6 Å². The van der Waals surface area contributed by atoms with Crippen LogP contribution in [0.25, 0.3) is 0 Å². The van der Waals surface area contributed by atoms with Crippen LogP contribution in [0.15, 0.2) is 18.2 Å². The third-order valence-corrected chi connectivity index (χ3v) is 4.95. The van der Waals surface area contributed by atoms with E-state index in [-0.39, 0.29) is 6.04 Å². The first-order chi connectivity index (χ1) is 9.49. The molecular formula is C14H17ClN2O2S. The highest BCUT2D eigenvalue weighted by molar-refractivity contribution is 7.99. The number of carbonyl (C=O) groups is 2. The largest absolute Gasteiger partial charge is 0.334 e. The molecule has 0 bridgehead atoms. The molecule has 1 heterocycles. The molecule has 1 aromatic carbocycles. The highest BCUT2D eigenvalue weighted by atomic mass is 35.5. The van der Waals surface area contributed by atoms with Gasteiger partial charge in [-0.05, 0) is 36.8 Å². The van der Waals surface area contributed by atoms with Gasteiger partial charge in [0.15, 0.2) is 0 Å². The van der Waals surface area contributed by atoms with Crippen LogP contribution in [0.2, 0.25) is 5.02 Å². The second kappa shape index (κ2) is 6.50. The van der Waals surface area contributed by atoms with E-state index in [1.54, 1.807) is 37.0 Å². The minimum Gasteiger partial charge on any atom is -0.334 e. The fraction of sp³-hybridized carbons (Fsp3) is 0.429. The summed E-state index contributed by atoms with van der Waals surface area (Å²) < 4.78 is 0. The van der Waals surface area contributed by atoms with Crippen LogP contribution in [0.5, 0.6) is 0 Å². The molecule has 2 amide bonds. The normalized spacial score (nSPS) is 17.9. The summed E-state index contributed by atoms with van der Waals surface area (Å²) in [6.07, 6.45) is 0.941. The molecule has 4 nitrogen and oxygen atoms in total. The van der Waals surface area contributed by atoms with Crippen LogP contribution < -0.4 is 5.32 Å². The molecule has 1 unspecified atom stereocenters. The maximum Gasteiger partial charge on any atom is 0.313 e. The van der Waals surface area contributed by atoms with Crippen LogP contribution >= 0.6 is 23.4 Å². The molecule has 6 heteroatoms. The van der Waals surface area contributed by atoms with Crippen molar-refractivity contribution in [1.29, 1.82) is 0 Å². The third kappa shape index (κ3) is 3.46. The first-order valence-corrected chi connectivity index (χ1v) is 7.94. The number of thioether (sulfide) groups is 1. The molecule has 2 rings (SSSR count). The molecule has 1 N–H and O–H groups in total. The third-order valence-electron chi connectivity index (χ3n) is 3.40. The lowest BCUT2D eigenvalue weighted by molar-refractivity contribution is -0.143. The molecule has 0 saturated carbocycles. The quantitative estimate of drug-likeness (QED) is 0.854. The Bertz CT molecular complexity index is 530. The van der Waals surface area contributed by atoms with Gasteiger partial charge in [-0.3, -0.25) is 9.59 Å². The fourth-order valence-corrected chi connectivity index (χ4v) is 3.46. The molecule has 20 heavy (non-hydrogen) atoms. The summed E-state index contributed by atoms with van der Waals surface area (Å²) in [4.78, 5) is 25.5. The standard InChI is InChI=1S/C14H17ClN2O2S/c1-9-3-4-10(7-12(9)15)16-13(18)14(19)17(2)11-5-6-20-8-11/h3-4,7,11H,5-6,8H2,1-2H3,(H,16,18). The van der Waals surface area contributed by atoms with Crippen molar-refractivity contribution in [2.24, 2.45) is 0 Å².